The van der Waals surface area contributed by atoms with Crippen molar-refractivity contribution in [2.75, 3.05) is 17.2 Å². The number of rotatable bonds is 5. The number of fused-ring (bicyclic) bond motifs is 1. The van der Waals surface area contributed by atoms with Gasteiger partial charge in [0, 0.05) is 25.2 Å². The number of hydrogen-bond acceptors (Lipinski definition) is 6. The van der Waals surface area contributed by atoms with Gasteiger partial charge in [-0.15, -0.1) is 0 Å². The first-order chi connectivity index (χ1) is 12.6. The highest BCUT2D eigenvalue weighted by Crippen LogP contribution is 2.24. The van der Waals surface area contributed by atoms with Gasteiger partial charge in [0.1, 0.15) is 5.82 Å². The van der Waals surface area contributed by atoms with Crippen LogP contribution in [0.2, 0.25) is 0 Å². The lowest BCUT2D eigenvalue weighted by atomic mass is 10.1. The number of anilines is 2. The van der Waals surface area contributed by atoms with Gasteiger partial charge in [-0.25, -0.2) is 8.78 Å². The van der Waals surface area contributed by atoms with Gasteiger partial charge >= 0.3 is 0 Å². The van der Waals surface area contributed by atoms with Gasteiger partial charge in [-0.1, -0.05) is 6.07 Å². The Kier molecular flexibility index (Phi) is 4.97. The Balaban J connectivity index is 1.83. The molecule has 0 aliphatic carbocycles. The van der Waals surface area contributed by atoms with Crippen LogP contribution in [0.15, 0.2) is 24.4 Å². The number of nitrogens with one attached hydrogen (secondary N) is 2. The number of nitrogens with two attached hydrogens (primary N) is 1. The highest BCUT2D eigenvalue weighted by atomic mass is 19.2. The van der Waals surface area contributed by atoms with Crippen LogP contribution in [0, 0.1) is 11.6 Å². The number of hydrogen-bond donors (Lipinski definition) is 3. The van der Waals surface area contributed by atoms with Crippen molar-refractivity contribution in [2.24, 2.45) is 12.8 Å². The van der Waals surface area contributed by atoms with E-state index in [1.165, 1.54) is 6.07 Å². The molecule has 0 radical (unpaired) electrons. The van der Waals surface area contributed by atoms with E-state index < -0.39 is 17.7 Å². The lowest BCUT2D eigenvalue weighted by Gasteiger charge is -2.22. The minimum atomic E-state index is -0.924. The van der Waals surface area contributed by atoms with E-state index in [2.05, 4.69) is 25.7 Å². The zero-order valence-electron chi connectivity index (χ0n) is 15.7. The number of halogens is 2. The lowest BCUT2D eigenvalue weighted by molar-refractivity contribution is 0.505. The second kappa shape index (κ2) is 7.07. The highest BCUT2D eigenvalue weighted by Gasteiger charge is 2.17. The molecule has 0 spiro atoms. The van der Waals surface area contributed by atoms with Crippen molar-refractivity contribution < 1.29 is 8.78 Å². The van der Waals surface area contributed by atoms with Crippen LogP contribution in [0.3, 0.4) is 0 Å². The second-order valence-corrected chi connectivity index (χ2v) is 7.44. The molecule has 9 heteroatoms. The molecule has 0 aliphatic heterocycles. The van der Waals surface area contributed by atoms with Gasteiger partial charge in [-0.3, -0.25) is 4.68 Å². The molecule has 0 saturated heterocycles. The second-order valence-electron chi connectivity index (χ2n) is 7.44. The third-order valence-corrected chi connectivity index (χ3v) is 3.94. The van der Waals surface area contributed by atoms with E-state index in [9.17, 15) is 8.78 Å². The summed E-state index contributed by atoms with van der Waals surface area (Å²) in [6, 6.07) is 3.07. The summed E-state index contributed by atoms with van der Waals surface area (Å²) in [7, 11) is 1.80. The zero-order valence-corrected chi connectivity index (χ0v) is 15.7. The van der Waals surface area contributed by atoms with Crippen molar-refractivity contribution in [2.45, 2.75) is 32.4 Å². The third-order valence-electron chi connectivity index (χ3n) is 3.94. The van der Waals surface area contributed by atoms with Gasteiger partial charge in [0.25, 0.3) is 0 Å². The molecule has 2 aromatic heterocycles. The Morgan fingerprint density at radius 1 is 1.19 bits per heavy atom. The monoisotopic (exact) mass is 375 g/mol. The van der Waals surface area contributed by atoms with Crippen molar-refractivity contribution in [3.8, 4) is 0 Å². The normalized spacial score (nSPS) is 13.0. The molecule has 0 saturated carbocycles. The minimum Gasteiger partial charge on any atom is -0.365 e. The van der Waals surface area contributed by atoms with Crippen LogP contribution >= 0.6 is 0 Å². The zero-order chi connectivity index (χ0) is 19.8. The molecule has 4 N–H and O–H groups in total. The smallest absolute Gasteiger partial charge is 0.226 e. The number of aromatic nitrogens is 4. The molecule has 3 aromatic rings. The summed E-state index contributed by atoms with van der Waals surface area (Å²) in [6.07, 6.45) is 1.71. The maximum atomic E-state index is 13.4. The molecule has 1 atom stereocenters. The third kappa shape index (κ3) is 4.30. The molecule has 2 heterocycles. The first-order valence-electron chi connectivity index (χ1n) is 8.56. The molecule has 0 bridgehead atoms. The van der Waals surface area contributed by atoms with Crippen LogP contribution in [0.4, 0.5) is 20.5 Å². The standard InChI is InChI=1S/C18H23F2N7/c1-18(2,3)26-15-11-8-23-27(4)16(11)25-17(24-15)22-9-14(21)10-5-6-12(19)13(20)7-10/h5-8,14H,9,21H2,1-4H3,(H2,22,24,25,26). The molecule has 0 fully saturated rings. The molecular weight excluding hydrogens is 352 g/mol. The van der Waals surface area contributed by atoms with Crippen molar-refractivity contribution in [1.29, 1.82) is 0 Å². The minimum absolute atomic E-state index is 0.198. The van der Waals surface area contributed by atoms with E-state index in [1.54, 1.807) is 17.9 Å². The largest absolute Gasteiger partial charge is 0.365 e. The summed E-state index contributed by atoms with van der Waals surface area (Å²) < 4.78 is 28.1. The van der Waals surface area contributed by atoms with Crippen LogP contribution in [-0.2, 0) is 7.05 Å². The van der Waals surface area contributed by atoms with Crippen LogP contribution < -0.4 is 16.4 Å². The fraction of sp³-hybridized carbons (Fsp3) is 0.389. The average molecular weight is 375 g/mol. The van der Waals surface area contributed by atoms with E-state index in [0.29, 0.717) is 23.0 Å². The molecule has 1 aromatic carbocycles. The molecule has 3 rings (SSSR count). The fourth-order valence-corrected chi connectivity index (χ4v) is 2.61. The van der Waals surface area contributed by atoms with E-state index >= 15 is 0 Å². The highest BCUT2D eigenvalue weighted by molar-refractivity contribution is 5.87. The van der Waals surface area contributed by atoms with Crippen molar-refractivity contribution in [1.82, 2.24) is 19.7 Å². The summed E-state index contributed by atoms with van der Waals surface area (Å²) in [6.45, 7) is 6.35. The molecule has 1 unspecified atom stereocenters. The molecule has 0 amide bonds. The maximum Gasteiger partial charge on any atom is 0.226 e. The van der Waals surface area contributed by atoms with Crippen molar-refractivity contribution >= 4 is 22.8 Å². The predicted molar refractivity (Wildman–Crippen MR) is 101 cm³/mol. The van der Waals surface area contributed by atoms with Gasteiger partial charge in [-0.2, -0.15) is 15.1 Å². The Hall–Kier alpha value is -2.81. The van der Waals surface area contributed by atoms with E-state index in [0.717, 1.165) is 17.5 Å². The van der Waals surface area contributed by atoms with E-state index in [4.69, 9.17) is 5.73 Å². The van der Waals surface area contributed by atoms with Crippen LogP contribution in [0.5, 0.6) is 0 Å². The fourth-order valence-electron chi connectivity index (χ4n) is 2.61. The summed E-state index contributed by atoms with van der Waals surface area (Å²) in [4.78, 5) is 8.99. The Bertz CT molecular complexity index is 962. The topological polar surface area (TPSA) is 93.7 Å². The Morgan fingerprint density at radius 2 is 1.93 bits per heavy atom. The van der Waals surface area contributed by atoms with Gasteiger partial charge in [-0.05, 0) is 38.5 Å². The Labute approximate surface area is 156 Å². The number of aryl methyl sites for hydroxylation is 1. The predicted octanol–water partition coefficient (Wildman–Crippen LogP) is 2.96. The quantitative estimate of drug-likeness (QED) is 0.635. The molecule has 144 valence electrons. The summed E-state index contributed by atoms with van der Waals surface area (Å²) in [5.41, 5.74) is 7.04. The summed E-state index contributed by atoms with van der Waals surface area (Å²) >= 11 is 0. The van der Waals surface area contributed by atoms with Gasteiger partial charge in [0.15, 0.2) is 17.3 Å². The summed E-state index contributed by atoms with van der Waals surface area (Å²) in [5.74, 6) is -0.797. The van der Waals surface area contributed by atoms with Crippen molar-refractivity contribution in [3.63, 3.8) is 0 Å². The van der Waals surface area contributed by atoms with Crippen LogP contribution in [0.25, 0.3) is 11.0 Å². The van der Waals surface area contributed by atoms with E-state index in [1.807, 2.05) is 20.8 Å². The Morgan fingerprint density at radius 3 is 2.59 bits per heavy atom. The van der Waals surface area contributed by atoms with Crippen LogP contribution in [0.1, 0.15) is 32.4 Å². The lowest BCUT2D eigenvalue weighted by Crippen LogP contribution is -2.27. The average Bonchev–Trinajstić information content (AvgIpc) is 2.95. The van der Waals surface area contributed by atoms with Gasteiger partial charge in [0.05, 0.1) is 11.6 Å². The maximum absolute atomic E-state index is 13.4. The summed E-state index contributed by atoms with van der Waals surface area (Å²) in [5, 5.41) is 11.5. The van der Waals surface area contributed by atoms with Gasteiger partial charge in [0.2, 0.25) is 5.95 Å². The van der Waals surface area contributed by atoms with Crippen molar-refractivity contribution in [3.05, 3.63) is 41.6 Å². The first kappa shape index (κ1) is 19.0. The molecule has 7 nitrogen and oxygen atoms in total. The number of nitrogens with zero attached hydrogens (tertiary/aromatic N) is 4. The molecule has 27 heavy (non-hydrogen) atoms. The molecular formula is C18H23F2N7. The van der Waals surface area contributed by atoms with E-state index in [-0.39, 0.29) is 12.1 Å². The number of benzene rings is 1. The SMILES string of the molecule is Cn1ncc2c(NC(C)(C)C)nc(NCC(N)c3ccc(F)c(F)c3)nc21. The molecule has 0 aliphatic rings. The van der Waals surface area contributed by atoms with Crippen LogP contribution in [-0.4, -0.2) is 31.8 Å². The van der Waals surface area contributed by atoms with Gasteiger partial charge < -0.3 is 16.4 Å². The first-order valence-corrected chi connectivity index (χ1v) is 8.56.